The summed E-state index contributed by atoms with van der Waals surface area (Å²) in [6.07, 6.45) is -5.09. The lowest BCUT2D eigenvalue weighted by Crippen LogP contribution is -2.47. The zero-order chi connectivity index (χ0) is 19.5. The van der Waals surface area contributed by atoms with Gasteiger partial charge in [-0.2, -0.15) is 13.2 Å². The second kappa shape index (κ2) is 7.87. The number of benzene rings is 1. The maximum absolute atomic E-state index is 12.8. The van der Waals surface area contributed by atoms with E-state index in [1.807, 2.05) is 0 Å². The van der Waals surface area contributed by atoms with Gasteiger partial charge in [0.1, 0.15) is 5.69 Å². The monoisotopic (exact) mass is 377 g/mol. The predicted octanol–water partition coefficient (Wildman–Crippen LogP) is 1.84. The van der Waals surface area contributed by atoms with Gasteiger partial charge < -0.3 is 14.7 Å². The van der Waals surface area contributed by atoms with Gasteiger partial charge >= 0.3 is 12.1 Å². The van der Waals surface area contributed by atoms with Crippen LogP contribution in [0.4, 0.5) is 24.5 Å². The third-order valence-corrected chi connectivity index (χ3v) is 3.90. The molecule has 1 aliphatic heterocycles. The molecule has 0 saturated carbocycles. The lowest BCUT2D eigenvalue weighted by Gasteiger charge is -2.35. The van der Waals surface area contributed by atoms with Crippen molar-refractivity contribution in [3.8, 4) is 0 Å². The summed E-state index contributed by atoms with van der Waals surface area (Å²) in [5.74, 6) is -1.00. The Hall–Kier alpha value is -2.40. The molecule has 1 heterocycles. The molecule has 1 saturated heterocycles. The Labute approximate surface area is 146 Å². The van der Waals surface area contributed by atoms with Crippen molar-refractivity contribution < 1.29 is 32.7 Å². The largest absolute Gasteiger partial charge is 0.480 e. The van der Waals surface area contributed by atoms with Gasteiger partial charge in [0.05, 0.1) is 29.7 Å². The normalized spacial score (nSPS) is 18.2. The van der Waals surface area contributed by atoms with E-state index in [0.717, 1.165) is 12.1 Å². The standard InChI is InChI=1S/C15H18F3N3O5/c1-19(9-14(22)23)7-11-8-20(4-5-26-11)12-3-2-10(15(16,17)18)6-13(12)21(24)25/h2-3,6,11H,4-5,7-9H2,1H3,(H,22,23). The molecule has 1 N–H and O–H groups in total. The Morgan fingerprint density at radius 2 is 2.19 bits per heavy atom. The number of anilines is 1. The predicted molar refractivity (Wildman–Crippen MR) is 85.2 cm³/mol. The van der Waals surface area contributed by atoms with Gasteiger partial charge in [0, 0.05) is 25.7 Å². The second-order valence-electron chi connectivity index (χ2n) is 5.99. The molecule has 11 heteroatoms. The van der Waals surface area contributed by atoms with Crippen LogP contribution in [0.2, 0.25) is 0 Å². The smallest absolute Gasteiger partial charge is 0.416 e. The van der Waals surface area contributed by atoms with Crippen LogP contribution in [0.15, 0.2) is 18.2 Å². The van der Waals surface area contributed by atoms with Crippen molar-refractivity contribution in [3.05, 3.63) is 33.9 Å². The highest BCUT2D eigenvalue weighted by atomic mass is 19.4. The van der Waals surface area contributed by atoms with E-state index in [0.29, 0.717) is 6.07 Å². The molecular weight excluding hydrogens is 359 g/mol. The Morgan fingerprint density at radius 1 is 1.50 bits per heavy atom. The van der Waals surface area contributed by atoms with E-state index in [2.05, 4.69) is 0 Å². The van der Waals surface area contributed by atoms with Gasteiger partial charge in [-0.25, -0.2) is 0 Å². The van der Waals surface area contributed by atoms with Crippen LogP contribution in [0, 0.1) is 10.1 Å². The third-order valence-electron chi connectivity index (χ3n) is 3.90. The molecule has 1 aromatic rings. The molecule has 1 aliphatic rings. The Kier molecular flexibility index (Phi) is 6.03. The van der Waals surface area contributed by atoms with Gasteiger partial charge in [0.15, 0.2) is 0 Å². The molecule has 144 valence electrons. The number of ether oxygens (including phenoxy) is 1. The number of carboxylic acids is 1. The van der Waals surface area contributed by atoms with Gasteiger partial charge in [0.2, 0.25) is 0 Å². The average molecular weight is 377 g/mol. The van der Waals surface area contributed by atoms with E-state index in [1.165, 1.54) is 4.90 Å². The van der Waals surface area contributed by atoms with Crippen LogP contribution in [0.1, 0.15) is 5.56 Å². The summed E-state index contributed by atoms with van der Waals surface area (Å²) < 4.78 is 43.9. The number of hydrogen-bond donors (Lipinski definition) is 1. The number of nitro groups is 1. The minimum atomic E-state index is -4.67. The van der Waals surface area contributed by atoms with E-state index >= 15 is 0 Å². The third kappa shape index (κ3) is 5.05. The van der Waals surface area contributed by atoms with Gasteiger partial charge in [0.25, 0.3) is 5.69 Å². The molecule has 0 aliphatic carbocycles. The van der Waals surface area contributed by atoms with E-state index in [9.17, 15) is 28.1 Å². The first-order valence-corrected chi connectivity index (χ1v) is 7.70. The molecule has 1 fully saturated rings. The molecule has 0 aromatic heterocycles. The van der Waals surface area contributed by atoms with Crippen LogP contribution in [0.5, 0.6) is 0 Å². The summed E-state index contributed by atoms with van der Waals surface area (Å²) >= 11 is 0. The Balaban J connectivity index is 2.19. The summed E-state index contributed by atoms with van der Waals surface area (Å²) in [7, 11) is 1.59. The first kappa shape index (κ1) is 19.9. The van der Waals surface area contributed by atoms with Gasteiger partial charge in [-0.15, -0.1) is 0 Å². The van der Waals surface area contributed by atoms with Crippen LogP contribution >= 0.6 is 0 Å². The number of nitrogens with zero attached hydrogens (tertiary/aromatic N) is 3. The fourth-order valence-corrected chi connectivity index (χ4v) is 2.81. The molecule has 26 heavy (non-hydrogen) atoms. The van der Waals surface area contributed by atoms with Gasteiger partial charge in [-0.3, -0.25) is 19.8 Å². The fourth-order valence-electron chi connectivity index (χ4n) is 2.81. The minimum Gasteiger partial charge on any atom is -0.480 e. The van der Waals surface area contributed by atoms with Crippen molar-refractivity contribution in [2.24, 2.45) is 0 Å². The second-order valence-corrected chi connectivity index (χ2v) is 5.99. The average Bonchev–Trinajstić information content (AvgIpc) is 2.52. The number of nitro benzene ring substituents is 1. The Bertz CT molecular complexity index is 683. The summed E-state index contributed by atoms with van der Waals surface area (Å²) in [4.78, 5) is 24.2. The highest BCUT2D eigenvalue weighted by Crippen LogP contribution is 2.37. The SMILES string of the molecule is CN(CC(=O)O)CC1CN(c2ccc(C(F)(F)F)cc2[N+](=O)[O-])CCO1. The fraction of sp³-hybridized carbons (Fsp3) is 0.533. The van der Waals surface area contributed by atoms with Crippen molar-refractivity contribution in [2.45, 2.75) is 12.3 Å². The van der Waals surface area contributed by atoms with Crippen LogP contribution < -0.4 is 4.90 Å². The molecule has 2 rings (SSSR count). The number of rotatable bonds is 6. The molecule has 0 bridgehead atoms. The molecule has 0 radical (unpaired) electrons. The molecule has 1 aromatic carbocycles. The number of morpholine rings is 1. The number of alkyl halides is 3. The highest BCUT2D eigenvalue weighted by Gasteiger charge is 2.34. The number of hydrogen-bond acceptors (Lipinski definition) is 6. The lowest BCUT2D eigenvalue weighted by atomic mass is 10.1. The van der Waals surface area contributed by atoms with Crippen LogP contribution in [0.3, 0.4) is 0 Å². The van der Waals surface area contributed by atoms with Gasteiger partial charge in [-0.1, -0.05) is 0 Å². The maximum Gasteiger partial charge on any atom is 0.416 e. The summed E-state index contributed by atoms with van der Waals surface area (Å²) in [5.41, 5.74) is -1.63. The van der Waals surface area contributed by atoms with E-state index in [-0.39, 0.29) is 38.5 Å². The van der Waals surface area contributed by atoms with Crippen molar-refractivity contribution in [3.63, 3.8) is 0 Å². The van der Waals surface area contributed by atoms with E-state index < -0.39 is 34.4 Å². The topological polar surface area (TPSA) is 96.2 Å². The molecule has 8 nitrogen and oxygen atoms in total. The number of carboxylic acid groups (broad SMARTS) is 1. The molecule has 1 atom stereocenters. The highest BCUT2D eigenvalue weighted by molar-refractivity contribution is 5.69. The lowest BCUT2D eigenvalue weighted by molar-refractivity contribution is -0.384. The molecular formula is C15H18F3N3O5. The minimum absolute atomic E-state index is 0.0807. The van der Waals surface area contributed by atoms with Crippen molar-refractivity contribution in [1.29, 1.82) is 0 Å². The van der Waals surface area contributed by atoms with Crippen molar-refractivity contribution in [1.82, 2.24) is 4.90 Å². The number of halogens is 3. The quantitative estimate of drug-likeness (QED) is 0.597. The van der Waals surface area contributed by atoms with Crippen LogP contribution in [0.25, 0.3) is 0 Å². The number of carbonyl (C=O) groups is 1. The van der Waals surface area contributed by atoms with Crippen molar-refractivity contribution >= 4 is 17.3 Å². The van der Waals surface area contributed by atoms with Crippen LogP contribution in [-0.4, -0.2) is 66.8 Å². The zero-order valence-electron chi connectivity index (χ0n) is 13.9. The van der Waals surface area contributed by atoms with E-state index in [1.54, 1.807) is 11.9 Å². The first-order valence-electron chi connectivity index (χ1n) is 7.70. The zero-order valence-corrected chi connectivity index (χ0v) is 13.9. The van der Waals surface area contributed by atoms with E-state index in [4.69, 9.17) is 9.84 Å². The summed E-state index contributed by atoms with van der Waals surface area (Å²) in [6, 6.07) is 2.42. The molecule has 0 amide bonds. The van der Waals surface area contributed by atoms with Gasteiger partial charge in [-0.05, 0) is 19.2 Å². The number of likely N-dealkylation sites (N-methyl/N-ethyl adjacent to an activating group) is 1. The maximum atomic E-state index is 12.8. The molecule has 0 spiro atoms. The molecule has 1 unspecified atom stereocenters. The summed E-state index contributed by atoms with van der Waals surface area (Å²) in [5, 5.41) is 20.0. The van der Waals surface area contributed by atoms with Crippen LogP contribution in [-0.2, 0) is 15.7 Å². The first-order chi connectivity index (χ1) is 12.1. The summed E-state index contributed by atoms with van der Waals surface area (Å²) in [6.45, 7) is 0.794. The Morgan fingerprint density at radius 3 is 2.77 bits per heavy atom. The van der Waals surface area contributed by atoms with Crippen molar-refractivity contribution in [2.75, 3.05) is 44.7 Å². The number of aliphatic carboxylic acids is 1.